The minimum Gasteiger partial charge on any atom is -0.478 e. The molecule has 4 nitrogen and oxygen atoms in total. The van der Waals surface area contributed by atoms with E-state index in [-0.39, 0.29) is 12.4 Å². The Morgan fingerprint density at radius 1 is 0.818 bits per heavy atom. The highest BCUT2D eigenvalue weighted by Gasteiger charge is 2.42. The fourth-order valence-electron chi connectivity index (χ4n) is 5.65. The largest absolute Gasteiger partial charge is 0.478 e. The molecule has 3 aromatic carbocycles. The van der Waals surface area contributed by atoms with E-state index in [4.69, 9.17) is 0 Å². The lowest BCUT2D eigenvalue weighted by Crippen LogP contribution is -2.50. The molecule has 172 valence electrons. The SMILES string of the molecule is Cl.O=C(O)c1ccc(N(c2ccccc2)C2CC3CCC(C2)N3CCc2ccccc2)cc1. The van der Waals surface area contributed by atoms with E-state index in [1.165, 1.54) is 24.1 Å². The molecule has 5 rings (SSSR count). The predicted octanol–water partition coefficient (Wildman–Crippen LogP) is 6.18. The normalized spacial score (nSPS) is 21.9. The number of aromatic carboxylic acids is 1. The van der Waals surface area contributed by atoms with Gasteiger partial charge in [0.15, 0.2) is 0 Å². The molecule has 1 N–H and O–H groups in total. The molecule has 0 amide bonds. The third-order valence-electron chi connectivity index (χ3n) is 7.15. The van der Waals surface area contributed by atoms with Crippen LogP contribution in [0.4, 0.5) is 11.4 Å². The van der Waals surface area contributed by atoms with Gasteiger partial charge in [-0.2, -0.15) is 0 Å². The molecule has 2 bridgehead atoms. The van der Waals surface area contributed by atoms with Gasteiger partial charge in [-0.1, -0.05) is 48.5 Å². The molecule has 3 aromatic rings. The Morgan fingerprint density at radius 3 is 1.94 bits per heavy atom. The molecule has 2 aliphatic heterocycles. The highest BCUT2D eigenvalue weighted by Crippen LogP contribution is 2.41. The third-order valence-corrected chi connectivity index (χ3v) is 7.15. The van der Waals surface area contributed by atoms with Gasteiger partial charge in [0, 0.05) is 36.0 Å². The molecule has 33 heavy (non-hydrogen) atoms. The summed E-state index contributed by atoms with van der Waals surface area (Å²) in [6, 6.07) is 30.3. The first-order chi connectivity index (χ1) is 15.7. The second kappa shape index (κ2) is 10.4. The Hall–Kier alpha value is -2.82. The van der Waals surface area contributed by atoms with Crippen molar-refractivity contribution in [2.24, 2.45) is 0 Å². The second-order valence-electron chi connectivity index (χ2n) is 9.04. The molecule has 2 fully saturated rings. The number of halogens is 1. The van der Waals surface area contributed by atoms with Crippen molar-refractivity contribution in [2.45, 2.75) is 50.2 Å². The molecule has 2 aliphatic rings. The quantitative estimate of drug-likeness (QED) is 0.455. The predicted molar refractivity (Wildman–Crippen MR) is 136 cm³/mol. The molecule has 0 saturated carbocycles. The zero-order chi connectivity index (χ0) is 21.9. The Morgan fingerprint density at radius 2 is 1.36 bits per heavy atom. The summed E-state index contributed by atoms with van der Waals surface area (Å²) in [6.45, 7) is 1.13. The van der Waals surface area contributed by atoms with E-state index in [0.29, 0.717) is 23.7 Å². The molecule has 0 radical (unpaired) electrons. The Balaban J connectivity index is 0.00000259. The number of rotatable bonds is 7. The first kappa shape index (κ1) is 23.3. The van der Waals surface area contributed by atoms with Crippen LogP contribution in [-0.4, -0.2) is 40.6 Å². The van der Waals surface area contributed by atoms with Crippen LogP contribution in [0.15, 0.2) is 84.9 Å². The topological polar surface area (TPSA) is 43.8 Å². The van der Waals surface area contributed by atoms with Crippen molar-refractivity contribution in [3.05, 3.63) is 96.1 Å². The van der Waals surface area contributed by atoms with Crippen LogP contribution in [0.2, 0.25) is 0 Å². The van der Waals surface area contributed by atoms with Crippen LogP contribution in [-0.2, 0) is 6.42 Å². The zero-order valence-corrected chi connectivity index (χ0v) is 19.5. The van der Waals surface area contributed by atoms with E-state index in [9.17, 15) is 9.90 Å². The van der Waals surface area contributed by atoms with Gasteiger partial charge < -0.3 is 10.0 Å². The summed E-state index contributed by atoms with van der Waals surface area (Å²) >= 11 is 0. The van der Waals surface area contributed by atoms with Gasteiger partial charge in [-0.05, 0) is 74.1 Å². The standard InChI is InChI=1S/C28H30N2O2.ClH/c31-28(32)22-11-13-24(14-12-22)30(23-9-5-2-6-10-23)27-19-25-15-16-26(20-27)29(25)18-17-21-7-3-1-4-8-21;/h1-14,25-27H,15-20H2,(H,31,32);1H. The van der Waals surface area contributed by atoms with E-state index in [2.05, 4.69) is 64.4 Å². The van der Waals surface area contributed by atoms with Crippen molar-refractivity contribution >= 4 is 29.8 Å². The van der Waals surface area contributed by atoms with Gasteiger partial charge in [-0.25, -0.2) is 4.79 Å². The molecule has 0 aromatic heterocycles. The molecule has 5 heteroatoms. The summed E-state index contributed by atoms with van der Waals surface area (Å²) in [5.74, 6) is -0.882. The highest BCUT2D eigenvalue weighted by atomic mass is 35.5. The molecule has 2 atom stereocenters. The third kappa shape index (κ3) is 5.07. The minimum absolute atomic E-state index is 0. The van der Waals surface area contributed by atoms with Gasteiger partial charge in [0.25, 0.3) is 0 Å². The maximum atomic E-state index is 11.3. The number of benzene rings is 3. The number of carboxylic acids is 1. The minimum atomic E-state index is -0.882. The Labute approximate surface area is 202 Å². The summed E-state index contributed by atoms with van der Waals surface area (Å²) in [5, 5.41) is 9.30. The fourth-order valence-corrected chi connectivity index (χ4v) is 5.65. The van der Waals surface area contributed by atoms with Gasteiger partial charge in [0.05, 0.1) is 5.56 Å². The lowest BCUT2D eigenvalue weighted by atomic mass is 9.94. The van der Waals surface area contributed by atoms with Crippen molar-refractivity contribution in [3.8, 4) is 0 Å². The average Bonchev–Trinajstić information content (AvgIpc) is 3.07. The van der Waals surface area contributed by atoms with E-state index in [1.54, 1.807) is 12.1 Å². The number of nitrogens with zero attached hydrogens (tertiary/aromatic N) is 2. The summed E-state index contributed by atoms with van der Waals surface area (Å²) in [4.78, 5) is 16.5. The smallest absolute Gasteiger partial charge is 0.335 e. The zero-order valence-electron chi connectivity index (χ0n) is 18.7. The van der Waals surface area contributed by atoms with E-state index < -0.39 is 5.97 Å². The van der Waals surface area contributed by atoms with Crippen molar-refractivity contribution in [1.82, 2.24) is 4.90 Å². The summed E-state index contributed by atoms with van der Waals surface area (Å²) in [6.07, 6.45) is 5.94. The van der Waals surface area contributed by atoms with Crippen LogP contribution in [0.1, 0.15) is 41.6 Å². The van der Waals surface area contributed by atoms with Gasteiger partial charge >= 0.3 is 5.97 Å². The van der Waals surface area contributed by atoms with Gasteiger partial charge in [0.1, 0.15) is 0 Å². The van der Waals surface area contributed by atoms with Crippen LogP contribution in [0.5, 0.6) is 0 Å². The molecule has 2 heterocycles. The molecule has 0 aliphatic carbocycles. The number of para-hydroxylation sites is 1. The first-order valence-corrected chi connectivity index (χ1v) is 11.7. The van der Waals surface area contributed by atoms with Crippen LogP contribution >= 0.6 is 12.4 Å². The van der Waals surface area contributed by atoms with Gasteiger partial charge in [-0.3, -0.25) is 4.90 Å². The van der Waals surface area contributed by atoms with Crippen molar-refractivity contribution in [3.63, 3.8) is 0 Å². The number of carboxylic acid groups (broad SMARTS) is 1. The van der Waals surface area contributed by atoms with E-state index in [1.807, 2.05) is 18.2 Å². The Bertz CT molecular complexity index is 1030. The molecule has 0 spiro atoms. The maximum Gasteiger partial charge on any atom is 0.335 e. The van der Waals surface area contributed by atoms with Crippen molar-refractivity contribution in [2.75, 3.05) is 11.4 Å². The molecule has 2 unspecified atom stereocenters. The van der Waals surface area contributed by atoms with Gasteiger partial charge in [-0.15, -0.1) is 12.4 Å². The monoisotopic (exact) mass is 462 g/mol. The molecule has 2 saturated heterocycles. The summed E-state index contributed by atoms with van der Waals surface area (Å²) < 4.78 is 0. The number of anilines is 2. The number of fused-ring (bicyclic) bond motifs is 2. The lowest BCUT2D eigenvalue weighted by molar-refractivity contribution is 0.0697. The van der Waals surface area contributed by atoms with E-state index in [0.717, 1.165) is 31.5 Å². The van der Waals surface area contributed by atoms with E-state index >= 15 is 0 Å². The number of carbonyl (C=O) groups is 1. The highest BCUT2D eigenvalue weighted by molar-refractivity contribution is 5.88. The first-order valence-electron chi connectivity index (χ1n) is 11.7. The van der Waals surface area contributed by atoms with Crippen LogP contribution in [0, 0.1) is 0 Å². The number of hydrogen-bond donors (Lipinski definition) is 1. The van der Waals surface area contributed by atoms with Crippen molar-refractivity contribution in [1.29, 1.82) is 0 Å². The molecular formula is C28H31ClN2O2. The van der Waals surface area contributed by atoms with Crippen LogP contribution in [0.25, 0.3) is 0 Å². The van der Waals surface area contributed by atoms with Crippen LogP contribution in [0.3, 0.4) is 0 Å². The fraction of sp³-hybridized carbons (Fsp3) is 0.321. The second-order valence-corrected chi connectivity index (χ2v) is 9.04. The maximum absolute atomic E-state index is 11.3. The number of hydrogen-bond acceptors (Lipinski definition) is 3. The Kier molecular flexibility index (Phi) is 7.36. The summed E-state index contributed by atoms with van der Waals surface area (Å²) in [7, 11) is 0. The lowest BCUT2D eigenvalue weighted by Gasteiger charge is -2.44. The molecular weight excluding hydrogens is 432 g/mol. The van der Waals surface area contributed by atoms with Gasteiger partial charge in [0.2, 0.25) is 0 Å². The number of piperidine rings is 1. The van der Waals surface area contributed by atoms with Crippen LogP contribution < -0.4 is 4.90 Å². The van der Waals surface area contributed by atoms with Crippen molar-refractivity contribution < 1.29 is 9.90 Å². The average molecular weight is 463 g/mol. The summed E-state index contributed by atoms with van der Waals surface area (Å²) in [5.41, 5.74) is 4.00.